The van der Waals surface area contributed by atoms with Crippen LogP contribution in [0.5, 0.6) is 0 Å². The number of halogens is 1. The van der Waals surface area contributed by atoms with Crippen molar-refractivity contribution in [2.45, 2.75) is 101 Å². The zero-order valence-corrected chi connectivity index (χ0v) is 24.4. The predicted molar refractivity (Wildman–Crippen MR) is 158 cm³/mol. The highest BCUT2D eigenvalue weighted by molar-refractivity contribution is 6.02. The van der Waals surface area contributed by atoms with E-state index in [-0.39, 0.29) is 34.1 Å². The van der Waals surface area contributed by atoms with Crippen molar-refractivity contribution in [2.75, 3.05) is 13.2 Å². The summed E-state index contributed by atoms with van der Waals surface area (Å²) >= 11 is 0. The largest absolute Gasteiger partial charge is 0.434 e. The highest BCUT2D eigenvalue weighted by atomic mass is 19.1. The lowest BCUT2D eigenvalue weighted by Gasteiger charge is -2.42. The van der Waals surface area contributed by atoms with Crippen molar-refractivity contribution < 1.29 is 23.5 Å². The summed E-state index contributed by atoms with van der Waals surface area (Å²) in [6.07, 6.45) is 11.8. The molecule has 9 heteroatoms. The molecule has 1 spiro atoms. The highest BCUT2D eigenvalue weighted by Gasteiger charge is 2.61. The molecule has 7 rings (SSSR count). The zero-order valence-electron chi connectivity index (χ0n) is 24.4. The van der Waals surface area contributed by atoms with E-state index in [4.69, 9.17) is 16.2 Å². The predicted octanol–water partition coefficient (Wildman–Crippen LogP) is 5.04. The second-order valence-electron chi connectivity index (χ2n) is 13.9. The van der Waals surface area contributed by atoms with E-state index < -0.39 is 30.4 Å². The van der Waals surface area contributed by atoms with Crippen molar-refractivity contribution >= 4 is 34.4 Å². The minimum atomic E-state index is -0.624. The van der Waals surface area contributed by atoms with E-state index in [1.54, 1.807) is 0 Å². The molecule has 3 aliphatic carbocycles. The van der Waals surface area contributed by atoms with E-state index in [9.17, 15) is 18.8 Å². The van der Waals surface area contributed by atoms with Gasteiger partial charge < -0.3 is 16.2 Å². The lowest BCUT2D eigenvalue weighted by molar-refractivity contribution is -0.142. The van der Waals surface area contributed by atoms with Crippen molar-refractivity contribution in [1.29, 1.82) is 0 Å². The lowest BCUT2D eigenvalue weighted by atomic mass is 9.75. The fraction of sp³-hybridized carbons (Fsp3) is 0.667. The quantitative estimate of drug-likeness (QED) is 0.367. The first-order chi connectivity index (χ1) is 20.3. The van der Waals surface area contributed by atoms with Crippen LogP contribution in [-0.2, 0) is 20.1 Å². The zero-order chi connectivity index (χ0) is 29.2. The first-order valence-corrected chi connectivity index (χ1v) is 16.2. The van der Waals surface area contributed by atoms with Gasteiger partial charge in [-0.05, 0) is 68.9 Å². The maximum absolute atomic E-state index is 14.9. The average molecular weight is 580 g/mol. The molecule has 8 nitrogen and oxygen atoms in total. The van der Waals surface area contributed by atoms with Crippen LogP contribution in [0.3, 0.4) is 0 Å². The van der Waals surface area contributed by atoms with Crippen LogP contribution in [0.1, 0.15) is 94.0 Å². The molecule has 0 radical (unpaired) electrons. The fourth-order valence-corrected chi connectivity index (χ4v) is 9.49. The van der Waals surface area contributed by atoms with Gasteiger partial charge in [0.2, 0.25) is 0 Å². The number of alkyl halides is 1. The number of rotatable bonds is 6. The third kappa shape index (κ3) is 4.09. The molecule has 4 atom stereocenters. The smallest absolute Gasteiger partial charge is 0.357 e. The summed E-state index contributed by atoms with van der Waals surface area (Å²) in [5.74, 6) is -0.353. The summed E-state index contributed by atoms with van der Waals surface area (Å²) in [5, 5.41) is 0.887. The Morgan fingerprint density at radius 3 is 2.40 bits per heavy atom. The number of likely N-dealkylation sites (tertiary alicyclic amines) is 1. The highest BCUT2D eigenvalue weighted by Crippen LogP contribution is 2.51. The Hall–Kier alpha value is -2.78. The third-order valence-corrected chi connectivity index (χ3v) is 11.8. The van der Waals surface area contributed by atoms with Crippen LogP contribution in [0.4, 0.5) is 10.1 Å². The molecule has 5 aliphatic rings. The number of primary amides is 1. The maximum Gasteiger partial charge on any atom is 0.357 e. The molecule has 2 aliphatic heterocycles. The monoisotopic (exact) mass is 579 g/mol. The number of esters is 1. The van der Waals surface area contributed by atoms with Gasteiger partial charge in [0, 0.05) is 48.7 Å². The summed E-state index contributed by atoms with van der Waals surface area (Å²) < 4.78 is 21.1. The molecule has 2 aromatic rings. The van der Waals surface area contributed by atoms with Crippen LogP contribution in [0.2, 0.25) is 0 Å². The fourth-order valence-electron chi connectivity index (χ4n) is 9.49. The number of benzene rings is 1. The first kappa shape index (κ1) is 28.0. The number of carbonyl (C=O) groups excluding carboxylic acids is 3. The SMILES string of the molecule is NC(=O)[C@@H]1[C@H](C2CCCCC2)CC[N+]1(c1ccc2c(c1)cc1n2C2(CCC2)OC1=O)C(=O)[C@H]1CC[C@H]([C@H](N)CF)CC1. The normalized spacial score (nSPS) is 33.3. The van der Waals surface area contributed by atoms with Gasteiger partial charge in [-0.2, -0.15) is 0 Å². The number of hydrogen-bond donors (Lipinski definition) is 2. The van der Waals surface area contributed by atoms with Gasteiger partial charge >= 0.3 is 11.9 Å². The summed E-state index contributed by atoms with van der Waals surface area (Å²) in [5.41, 5.74) is 14.0. The molecular formula is C33H44FN4O4+. The Kier molecular flexibility index (Phi) is 6.96. The summed E-state index contributed by atoms with van der Waals surface area (Å²) in [4.78, 5) is 41.2. The van der Waals surface area contributed by atoms with Crippen molar-refractivity contribution in [2.24, 2.45) is 35.1 Å². The minimum Gasteiger partial charge on any atom is -0.434 e. The van der Waals surface area contributed by atoms with Crippen LogP contribution in [0.25, 0.3) is 10.9 Å². The van der Waals surface area contributed by atoms with E-state index in [0.29, 0.717) is 43.8 Å². The maximum atomic E-state index is 14.9. The Morgan fingerprint density at radius 2 is 1.76 bits per heavy atom. The summed E-state index contributed by atoms with van der Waals surface area (Å²) in [6.45, 7) is -0.00481. The van der Waals surface area contributed by atoms with Crippen LogP contribution in [0, 0.1) is 23.7 Å². The summed E-state index contributed by atoms with van der Waals surface area (Å²) in [6, 6.07) is 6.80. The topological polar surface area (TPSA) is 117 Å². The summed E-state index contributed by atoms with van der Waals surface area (Å²) in [7, 11) is 0. The van der Waals surface area contributed by atoms with Gasteiger partial charge in [-0.1, -0.05) is 19.3 Å². The van der Waals surface area contributed by atoms with Crippen LogP contribution in [0.15, 0.2) is 24.3 Å². The van der Waals surface area contributed by atoms with Crippen LogP contribution < -0.4 is 16.0 Å². The van der Waals surface area contributed by atoms with E-state index in [0.717, 1.165) is 68.0 Å². The molecule has 4 fully saturated rings. The number of quaternary nitrogens is 1. The van der Waals surface area contributed by atoms with Gasteiger partial charge in [-0.15, -0.1) is 0 Å². The van der Waals surface area contributed by atoms with Gasteiger partial charge in [0.1, 0.15) is 18.1 Å². The number of ether oxygens (including phenoxy) is 1. The number of amides is 2. The first-order valence-electron chi connectivity index (χ1n) is 16.2. The number of hydrogen-bond acceptors (Lipinski definition) is 5. The van der Waals surface area contributed by atoms with E-state index in [1.807, 2.05) is 28.8 Å². The molecule has 2 amide bonds. The second kappa shape index (κ2) is 10.4. The van der Waals surface area contributed by atoms with Gasteiger partial charge in [0.05, 0.1) is 18.0 Å². The molecule has 4 N–H and O–H groups in total. The van der Waals surface area contributed by atoms with Crippen molar-refractivity contribution in [1.82, 2.24) is 9.05 Å². The van der Waals surface area contributed by atoms with Crippen LogP contribution in [-0.4, -0.2) is 47.7 Å². The molecule has 3 heterocycles. The molecule has 3 saturated carbocycles. The molecule has 1 unspecified atom stereocenters. The minimum absolute atomic E-state index is 0.0486. The Bertz CT molecular complexity index is 1400. The number of aromatic nitrogens is 1. The van der Waals surface area contributed by atoms with E-state index in [2.05, 4.69) is 0 Å². The molecule has 1 aromatic carbocycles. The van der Waals surface area contributed by atoms with E-state index >= 15 is 0 Å². The van der Waals surface area contributed by atoms with Gasteiger partial charge in [0.15, 0.2) is 11.8 Å². The van der Waals surface area contributed by atoms with Crippen molar-refractivity contribution in [3.8, 4) is 0 Å². The standard InChI is InChI=1S/C33H43FN4O4/c34-19-26(35)21-7-9-22(10-8-21)31(40)38(16-13-25(29(38)30(36)39)20-5-2-1-3-6-20)24-11-12-27-23(17-24)18-28-32(41)42-33(37(27)28)14-4-15-33/h11-12,17-18,20-22,25-26,29H,1-10,13-16,19,35H2,(H-,36,39)/p+1/t21-,22-,25-,26+,29-,38?/m0/s1. The molecular weight excluding hydrogens is 535 g/mol. The molecule has 0 bridgehead atoms. The average Bonchev–Trinajstić information content (AvgIpc) is 3.67. The number of fused-ring (bicyclic) bond motifs is 4. The van der Waals surface area contributed by atoms with Gasteiger partial charge in [-0.25, -0.2) is 18.5 Å². The van der Waals surface area contributed by atoms with Gasteiger partial charge in [0.25, 0.3) is 5.91 Å². The van der Waals surface area contributed by atoms with E-state index in [1.165, 1.54) is 6.42 Å². The number of carbonyl (C=O) groups is 3. The Morgan fingerprint density at radius 1 is 1.02 bits per heavy atom. The number of nitrogens with two attached hydrogens (primary N) is 2. The molecule has 1 aromatic heterocycles. The van der Waals surface area contributed by atoms with Crippen LogP contribution >= 0.6 is 0 Å². The number of nitrogens with zero attached hydrogens (tertiary/aromatic N) is 2. The third-order valence-electron chi connectivity index (χ3n) is 11.8. The Labute approximate surface area is 246 Å². The van der Waals surface area contributed by atoms with Crippen molar-refractivity contribution in [3.05, 3.63) is 30.0 Å². The molecule has 1 saturated heterocycles. The van der Waals surface area contributed by atoms with Crippen molar-refractivity contribution in [3.63, 3.8) is 0 Å². The van der Waals surface area contributed by atoms with Gasteiger partial charge in [-0.3, -0.25) is 9.36 Å². The molecule has 226 valence electrons. The second-order valence-corrected chi connectivity index (χ2v) is 13.9. The Balaban J connectivity index is 1.31. The molecule has 42 heavy (non-hydrogen) atoms. The lowest BCUT2D eigenvalue weighted by Crippen LogP contribution is -2.65.